The Morgan fingerprint density at radius 3 is 3.18 bits per heavy atom. The van der Waals surface area contributed by atoms with Crippen molar-refractivity contribution < 1.29 is 9.84 Å². The molecule has 0 amide bonds. The number of nitrogens with zero attached hydrogens (tertiary/aromatic N) is 2. The van der Waals surface area contributed by atoms with E-state index < -0.39 is 0 Å². The number of aliphatic hydroxyl groups is 1. The van der Waals surface area contributed by atoms with E-state index >= 15 is 0 Å². The predicted molar refractivity (Wildman–Crippen MR) is 62.8 cm³/mol. The third-order valence-corrected chi connectivity index (χ3v) is 3.16. The van der Waals surface area contributed by atoms with Crippen LogP contribution in [-0.2, 0) is 13.2 Å². The zero-order valence-electron chi connectivity index (χ0n) is 9.41. The maximum atomic E-state index is 9.16. The topological polar surface area (TPSA) is 47.3 Å². The summed E-state index contributed by atoms with van der Waals surface area (Å²) in [6, 6.07) is 8.11. The number of hydrogen-bond acceptors (Lipinski definition) is 3. The van der Waals surface area contributed by atoms with Crippen LogP contribution >= 0.6 is 0 Å². The summed E-state index contributed by atoms with van der Waals surface area (Å²) in [4.78, 5) is 4.10. The number of ether oxygens (including phenoxy) is 1. The molecule has 0 fully saturated rings. The van der Waals surface area contributed by atoms with Crippen LogP contribution in [0.15, 0.2) is 36.7 Å². The summed E-state index contributed by atoms with van der Waals surface area (Å²) < 4.78 is 7.62. The fraction of sp³-hybridized carbons (Fsp3) is 0.308. The second-order valence-electron chi connectivity index (χ2n) is 4.20. The lowest BCUT2D eigenvalue weighted by Gasteiger charge is -2.11. The van der Waals surface area contributed by atoms with Crippen LogP contribution in [0, 0.1) is 0 Å². The van der Waals surface area contributed by atoms with Crippen molar-refractivity contribution in [2.75, 3.05) is 6.61 Å². The highest BCUT2D eigenvalue weighted by Crippen LogP contribution is 2.34. The molecule has 1 aliphatic heterocycles. The van der Waals surface area contributed by atoms with Gasteiger partial charge in [-0.3, -0.25) is 0 Å². The van der Waals surface area contributed by atoms with Crippen molar-refractivity contribution in [3.05, 3.63) is 48.0 Å². The monoisotopic (exact) mass is 230 g/mol. The summed E-state index contributed by atoms with van der Waals surface area (Å²) in [6.45, 7) is 1.47. The van der Waals surface area contributed by atoms with Gasteiger partial charge < -0.3 is 14.4 Å². The fourth-order valence-electron chi connectivity index (χ4n) is 2.28. The minimum absolute atomic E-state index is 0.0256. The Labute approximate surface area is 99.5 Å². The van der Waals surface area contributed by atoms with Gasteiger partial charge in [-0.15, -0.1) is 0 Å². The molecule has 1 aromatic heterocycles. The third-order valence-electron chi connectivity index (χ3n) is 3.16. The van der Waals surface area contributed by atoms with Crippen molar-refractivity contribution in [1.29, 1.82) is 0 Å². The molecule has 17 heavy (non-hydrogen) atoms. The maximum absolute atomic E-state index is 9.16. The number of aromatic nitrogens is 2. The van der Waals surface area contributed by atoms with E-state index in [1.54, 1.807) is 6.20 Å². The van der Waals surface area contributed by atoms with E-state index in [0.29, 0.717) is 18.3 Å². The summed E-state index contributed by atoms with van der Waals surface area (Å²) in [5.74, 6) is 2.02. The van der Waals surface area contributed by atoms with Gasteiger partial charge in [-0.2, -0.15) is 0 Å². The summed E-state index contributed by atoms with van der Waals surface area (Å²) in [7, 11) is 0. The second-order valence-corrected chi connectivity index (χ2v) is 4.20. The second kappa shape index (κ2) is 4.22. The highest BCUT2D eigenvalue weighted by molar-refractivity contribution is 5.39. The van der Waals surface area contributed by atoms with Crippen LogP contribution < -0.4 is 4.74 Å². The molecule has 2 heterocycles. The first-order chi connectivity index (χ1) is 8.38. The molecule has 1 aliphatic rings. The first-order valence-corrected chi connectivity index (χ1v) is 5.71. The largest absolute Gasteiger partial charge is 0.493 e. The quantitative estimate of drug-likeness (QED) is 0.870. The summed E-state index contributed by atoms with van der Waals surface area (Å²) in [5, 5.41) is 9.16. The molecule has 0 bridgehead atoms. The lowest BCUT2D eigenvalue weighted by molar-refractivity contribution is 0.260. The van der Waals surface area contributed by atoms with E-state index in [9.17, 15) is 0 Å². The number of imidazole rings is 1. The number of benzene rings is 1. The average molecular weight is 230 g/mol. The Hall–Kier alpha value is -1.81. The molecular formula is C13H14N2O2. The van der Waals surface area contributed by atoms with Crippen LogP contribution in [0.25, 0.3) is 0 Å². The molecule has 3 rings (SSSR count). The van der Waals surface area contributed by atoms with E-state index in [-0.39, 0.29) is 6.61 Å². The van der Waals surface area contributed by atoms with Crippen molar-refractivity contribution in [3.63, 3.8) is 0 Å². The normalized spacial score (nSPS) is 17.8. The van der Waals surface area contributed by atoms with E-state index in [1.807, 2.05) is 29.0 Å². The van der Waals surface area contributed by atoms with Gasteiger partial charge in [0.25, 0.3) is 0 Å². The Bertz CT molecular complexity index is 522. The fourth-order valence-corrected chi connectivity index (χ4v) is 2.28. The summed E-state index contributed by atoms with van der Waals surface area (Å²) >= 11 is 0. The SMILES string of the molecule is OCc1nccn1CC1COc2ccccc21. The van der Waals surface area contributed by atoms with Gasteiger partial charge in [0, 0.05) is 30.4 Å². The first kappa shape index (κ1) is 10.4. The average Bonchev–Trinajstić information content (AvgIpc) is 2.97. The van der Waals surface area contributed by atoms with E-state index in [2.05, 4.69) is 11.1 Å². The highest BCUT2D eigenvalue weighted by Gasteiger charge is 2.24. The number of rotatable bonds is 3. The van der Waals surface area contributed by atoms with Crippen molar-refractivity contribution in [2.45, 2.75) is 19.1 Å². The molecule has 4 nitrogen and oxygen atoms in total. The number of para-hydroxylation sites is 1. The summed E-state index contributed by atoms with van der Waals surface area (Å²) in [5.41, 5.74) is 1.24. The van der Waals surface area contributed by atoms with Gasteiger partial charge in [-0.1, -0.05) is 18.2 Å². The standard InChI is InChI=1S/C13H14N2O2/c16-8-13-14-5-6-15(13)7-10-9-17-12-4-2-1-3-11(10)12/h1-6,10,16H,7-9H2. The lowest BCUT2D eigenvalue weighted by atomic mass is 10.0. The number of fused-ring (bicyclic) bond motifs is 1. The van der Waals surface area contributed by atoms with Gasteiger partial charge in [0.15, 0.2) is 0 Å². The van der Waals surface area contributed by atoms with Crippen LogP contribution in [0.3, 0.4) is 0 Å². The van der Waals surface area contributed by atoms with Crippen LogP contribution in [0.4, 0.5) is 0 Å². The van der Waals surface area contributed by atoms with Gasteiger partial charge in [0.2, 0.25) is 0 Å². The van der Waals surface area contributed by atoms with E-state index in [1.165, 1.54) is 5.56 Å². The smallest absolute Gasteiger partial charge is 0.134 e. The molecule has 4 heteroatoms. The van der Waals surface area contributed by atoms with Crippen LogP contribution in [0.1, 0.15) is 17.3 Å². The zero-order chi connectivity index (χ0) is 11.7. The van der Waals surface area contributed by atoms with E-state index in [4.69, 9.17) is 9.84 Å². The van der Waals surface area contributed by atoms with Crippen molar-refractivity contribution in [1.82, 2.24) is 9.55 Å². The molecule has 0 saturated heterocycles. The number of hydrogen-bond donors (Lipinski definition) is 1. The number of aliphatic hydroxyl groups excluding tert-OH is 1. The van der Waals surface area contributed by atoms with Crippen LogP contribution in [0.2, 0.25) is 0 Å². The summed E-state index contributed by atoms with van der Waals surface area (Å²) in [6.07, 6.45) is 3.61. The van der Waals surface area contributed by atoms with Crippen LogP contribution in [-0.4, -0.2) is 21.3 Å². The molecule has 1 N–H and O–H groups in total. The molecule has 2 aromatic rings. The van der Waals surface area contributed by atoms with Crippen molar-refractivity contribution in [2.24, 2.45) is 0 Å². The Morgan fingerprint density at radius 2 is 2.29 bits per heavy atom. The molecule has 0 radical (unpaired) electrons. The molecule has 0 aliphatic carbocycles. The van der Waals surface area contributed by atoms with Gasteiger partial charge >= 0.3 is 0 Å². The van der Waals surface area contributed by atoms with Crippen molar-refractivity contribution >= 4 is 0 Å². The Morgan fingerprint density at radius 1 is 1.41 bits per heavy atom. The first-order valence-electron chi connectivity index (χ1n) is 5.71. The zero-order valence-corrected chi connectivity index (χ0v) is 9.41. The third kappa shape index (κ3) is 1.80. The molecule has 0 saturated carbocycles. The van der Waals surface area contributed by atoms with Gasteiger partial charge in [0.1, 0.15) is 18.2 Å². The lowest BCUT2D eigenvalue weighted by Crippen LogP contribution is -2.12. The van der Waals surface area contributed by atoms with E-state index in [0.717, 1.165) is 12.3 Å². The minimum atomic E-state index is -0.0256. The van der Waals surface area contributed by atoms with Gasteiger partial charge in [-0.05, 0) is 6.07 Å². The minimum Gasteiger partial charge on any atom is -0.493 e. The van der Waals surface area contributed by atoms with Crippen LogP contribution in [0.5, 0.6) is 5.75 Å². The van der Waals surface area contributed by atoms with Gasteiger partial charge in [0.05, 0.1) is 6.61 Å². The molecule has 1 atom stereocenters. The highest BCUT2D eigenvalue weighted by atomic mass is 16.5. The molecular weight excluding hydrogens is 216 g/mol. The van der Waals surface area contributed by atoms with Gasteiger partial charge in [-0.25, -0.2) is 4.98 Å². The predicted octanol–water partition coefficient (Wildman–Crippen LogP) is 1.55. The molecule has 1 aromatic carbocycles. The van der Waals surface area contributed by atoms with Crippen molar-refractivity contribution in [3.8, 4) is 5.75 Å². The molecule has 1 unspecified atom stereocenters. The molecule has 0 spiro atoms. The Kier molecular flexibility index (Phi) is 2.57. The molecule has 88 valence electrons. The maximum Gasteiger partial charge on any atom is 0.134 e. The Balaban J connectivity index is 1.84.